The molecule has 0 spiro atoms. The van der Waals surface area contributed by atoms with Gasteiger partial charge in [0.25, 0.3) is 0 Å². The van der Waals surface area contributed by atoms with E-state index in [1.807, 2.05) is 53.2 Å². The summed E-state index contributed by atoms with van der Waals surface area (Å²) in [5.41, 5.74) is 9.02. The van der Waals surface area contributed by atoms with Gasteiger partial charge in [-0.3, -0.25) is 4.98 Å². The summed E-state index contributed by atoms with van der Waals surface area (Å²) in [5, 5.41) is 4.36. The van der Waals surface area contributed by atoms with E-state index in [4.69, 9.17) is 5.73 Å². The minimum atomic E-state index is -0.340. The molecule has 0 amide bonds. The average Bonchev–Trinajstić information content (AvgIpc) is 2.97. The topological polar surface area (TPSA) is 56.7 Å². The normalized spacial score (nSPS) is 12.3. The summed E-state index contributed by atoms with van der Waals surface area (Å²) in [6.07, 6.45) is 3.49. The summed E-state index contributed by atoms with van der Waals surface area (Å²) in [6.45, 7) is 0. The number of hydrogen-bond acceptors (Lipinski definition) is 3. The molecular weight excluding hydrogens is 316 g/mol. The van der Waals surface area contributed by atoms with Gasteiger partial charge in [-0.05, 0) is 46.3 Å². The van der Waals surface area contributed by atoms with E-state index >= 15 is 0 Å². The molecule has 0 aliphatic heterocycles. The molecule has 0 aliphatic rings. The first-order chi connectivity index (χ1) is 9.77. The van der Waals surface area contributed by atoms with Crippen molar-refractivity contribution in [3.8, 4) is 5.69 Å². The predicted molar refractivity (Wildman–Crippen MR) is 81.5 cm³/mol. The Morgan fingerprint density at radius 1 is 1.00 bits per heavy atom. The minimum absolute atomic E-state index is 0.340. The van der Waals surface area contributed by atoms with Crippen LogP contribution >= 0.6 is 15.9 Å². The Morgan fingerprint density at radius 3 is 2.55 bits per heavy atom. The van der Waals surface area contributed by atoms with Crippen LogP contribution in [0, 0.1) is 0 Å². The third-order valence-corrected chi connectivity index (χ3v) is 3.74. The maximum absolute atomic E-state index is 6.35. The molecule has 0 radical (unpaired) electrons. The molecule has 0 bridgehead atoms. The van der Waals surface area contributed by atoms with Crippen LogP contribution in [0.25, 0.3) is 5.69 Å². The summed E-state index contributed by atoms with van der Waals surface area (Å²) in [7, 11) is 0. The molecule has 5 heteroatoms. The third-order valence-electron chi connectivity index (χ3n) is 3.07. The van der Waals surface area contributed by atoms with Gasteiger partial charge in [-0.2, -0.15) is 5.10 Å². The Labute approximate surface area is 125 Å². The molecule has 1 aromatic carbocycles. The third kappa shape index (κ3) is 2.37. The zero-order chi connectivity index (χ0) is 13.9. The maximum Gasteiger partial charge on any atom is 0.0913 e. The minimum Gasteiger partial charge on any atom is -0.318 e. The first kappa shape index (κ1) is 13.0. The summed E-state index contributed by atoms with van der Waals surface area (Å²) < 4.78 is 2.74. The Bertz CT molecular complexity index is 709. The van der Waals surface area contributed by atoms with E-state index in [0.717, 1.165) is 21.5 Å². The number of para-hydroxylation sites is 1. The van der Waals surface area contributed by atoms with Crippen molar-refractivity contribution in [3.63, 3.8) is 0 Å². The van der Waals surface area contributed by atoms with Crippen molar-refractivity contribution in [1.29, 1.82) is 0 Å². The molecular formula is C15H13BrN4. The van der Waals surface area contributed by atoms with E-state index in [1.54, 1.807) is 12.4 Å². The second kappa shape index (κ2) is 5.56. The van der Waals surface area contributed by atoms with Crippen molar-refractivity contribution >= 4 is 15.9 Å². The van der Waals surface area contributed by atoms with Crippen LogP contribution in [0.3, 0.4) is 0 Å². The molecule has 3 rings (SSSR count). The summed E-state index contributed by atoms with van der Waals surface area (Å²) >= 11 is 3.49. The number of nitrogens with two attached hydrogens (primary N) is 1. The van der Waals surface area contributed by atoms with E-state index in [1.165, 1.54) is 0 Å². The lowest BCUT2D eigenvalue weighted by Crippen LogP contribution is -2.18. The van der Waals surface area contributed by atoms with Gasteiger partial charge in [-0.25, -0.2) is 4.68 Å². The number of aromatic nitrogens is 3. The largest absolute Gasteiger partial charge is 0.318 e. The smallest absolute Gasteiger partial charge is 0.0913 e. The van der Waals surface area contributed by atoms with Gasteiger partial charge in [-0.15, -0.1) is 0 Å². The van der Waals surface area contributed by atoms with Crippen LogP contribution in [0.1, 0.15) is 17.4 Å². The SMILES string of the molecule is NC(c1ncccc1Br)c1ccnn1-c1ccccc1. The van der Waals surface area contributed by atoms with Gasteiger partial charge in [0.2, 0.25) is 0 Å². The van der Waals surface area contributed by atoms with Crippen LogP contribution in [-0.2, 0) is 0 Å². The van der Waals surface area contributed by atoms with Crippen LogP contribution < -0.4 is 5.73 Å². The number of halogens is 1. The zero-order valence-corrected chi connectivity index (χ0v) is 12.2. The maximum atomic E-state index is 6.35. The lowest BCUT2D eigenvalue weighted by Gasteiger charge is -2.15. The lowest BCUT2D eigenvalue weighted by molar-refractivity contribution is 0.720. The Balaban J connectivity index is 2.04. The highest BCUT2D eigenvalue weighted by Crippen LogP contribution is 2.25. The number of rotatable bonds is 3. The van der Waals surface area contributed by atoms with Crippen LogP contribution in [-0.4, -0.2) is 14.8 Å². The van der Waals surface area contributed by atoms with Crippen LogP contribution in [0.2, 0.25) is 0 Å². The van der Waals surface area contributed by atoms with Gasteiger partial charge >= 0.3 is 0 Å². The second-order valence-electron chi connectivity index (χ2n) is 4.35. The number of nitrogens with zero attached hydrogens (tertiary/aromatic N) is 3. The molecule has 0 aliphatic carbocycles. The molecule has 1 unspecified atom stereocenters. The van der Waals surface area contributed by atoms with E-state index in [-0.39, 0.29) is 6.04 Å². The van der Waals surface area contributed by atoms with Gasteiger partial charge in [0, 0.05) is 16.9 Å². The van der Waals surface area contributed by atoms with Crippen molar-refractivity contribution < 1.29 is 0 Å². The molecule has 0 saturated carbocycles. The van der Waals surface area contributed by atoms with E-state index in [0.29, 0.717) is 0 Å². The molecule has 2 heterocycles. The van der Waals surface area contributed by atoms with Crippen molar-refractivity contribution in [2.75, 3.05) is 0 Å². The van der Waals surface area contributed by atoms with Gasteiger partial charge in [-0.1, -0.05) is 18.2 Å². The van der Waals surface area contributed by atoms with Crippen molar-refractivity contribution in [2.45, 2.75) is 6.04 Å². The van der Waals surface area contributed by atoms with Gasteiger partial charge in [0.15, 0.2) is 0 Å². The zero-order valence-electron chi connectivity index (χ0n) is 10.6. The average molecular weight is 329 g/mol. The van der Waals surface area contributed by atoms with Crippen LogP contribution in [0.15, 0.2) is 65.4 Å². The molecule has 4 nitrogen and oxygen atoms in total. The molecule has 100 valence electrons. The second-order valence-corrected chi connectivity index (χ2v) is 5.21. The molecule has 2 N–H and O–H groups in total. The quantitative estimate of drug-likeness (QED) is 0.803. The van der Waals surface area contributed by atoms with Crippen LogP contribution in [0.5, 0.6) is 0 Å². The fourth-order valence-electron chi connectivity index (χ4n) is 2.10. The van der Waals surface area contributed by atoms with Crippen molar-refractivity contribution in [1.82, 2.24) is 14.8 Å². The Kier molecular flexibility index (Phi) is 3.62. The highest BCUT2D eigenvalue weighted by Gasteiger charge is 2.18. The molecule has 3 aromatic rings. The molecule has 0 fully saturated rings. The Hall–Kier alpha value is -1.98. The van der Waals surface area contributed by atoms with Gasteiger partial charge < -0.3 is 5.73 Å². The Morgan fingerprint density at radius 2 is 1.80 bits per heavy atom. The summed E-state index contributed by atoms with van der Waals surface area (Å²) in [5.74, 6) is 0. The fourth-order valence-corrected chi connectivity index (χ4v) is 2.60. The van der Waals surface area contributed by atoms with E-state index in [9.17, 15) is 0 Å². The van der Waals surface area contributed by atoms with Crippen molar-refractivity contribution in [3.05, 3.63) is 76.8 Å². The summed E-state index contributed by atoms with van der Waals surface area (Å²) in [6, 6.07) is 15.3. The highest BCUT2D eigenvalue weighted by atomic mass is 79.9. The van der Waals surface area contributed by atoms with Gasteiger partial charge in [0.05, 0.1) is 23.1 Å². The van der Waals surface area contributed by atoms with Gasteiger partial charge in [0.1, 0.15) is 0 Å². The predicted octanol–water partition coefficient (Wildman–Crippen LogP) is 3.08. The molecule has 2 aromatic heterocycles. The first-order valence-electron chi connectivity index (χ1n) is 6.22. The standard InChI is InChI=1S/C15H13BrN4/c16-12-7-4-9-18-15(12)14(17)13-8-10-19-20(13)11-5-2-1-3-6-11/h1-10,14H,17H2. The lowest BCUT2D eigenvalue weighted by atomic mass is 10.1. The number of pyridine rings is 1. The monoisotopic (exact) mass is 328 g/mol. The fraction of sp³-hybridized carbons (Fsp3) is 0.0667. The van der Waals surface area contributed by atoms with Crippen molar-refractivity contribution in [2.24, 2.45) is 5.73 Å². The molecule has 20 heavy (non-hydrogen) atoms. The van der Waals surface area contributed by atoms with E-state index in [2.05, 4.69) is 26.0 Å². The number of hydrogen-bond donors (Lipinski definition) is 1. The summed E-state index contributed by atoms with van der Waals surface area (Å²) in [4.78, 5) is 4.36. The van der Waals surface area contributed by atoms with E-state index < -0.39 is 0 Å². The first-order valence-corrected chi connectivity index (χ1v) is 7.02. The van der Waals surface area contributed by atoms with Crippen LogP contribution in [0.4, 0.5) is 0 Å². The molecule has 0 saturated heterocycles. The molecule has 1 atom stereocenters. The highest BCUT2D eigenvalue weighted by molar-refractivity contribution is 9.10. The number of benzene rings is 1.